The van der Waals surface area contributed by atoms with Gasteiger partial charge >= 0.3 is 19.8 Å². The summed E-state index contributed by atoms with van der Waals surface area (Å²) in [5.41, 5.74) is 0. The van der Waals surface area contributed by atoms with Gasteiger partial charge in [-0.15, -0.1) is 0 Å². The first-order chi connectivity index (χ1) is 27.1. The van der Waals surface area contributed by atoms with E-state index in [0.717, 1.165) is 44.9 Å². The second-order valence-electron chi connectivity index (χ2n) is 15.2. The quantitative estimate of drug-likeness (QED) is 0.0201. The van der Waals surface area contributed by atoms with Crippen molar-refractivity contribution >= 4 is 25.7 Å². The summed E-state index contributed by atoms with van der Waals surface area (Å²) in [7, 11) is -4.75. The standard InChI is InChI=1S/C44H82NO10P/c1-3-5-7-9-11-13-15-16-17-18-19-20-21-22-23-24-26-28-30-32-34-36-43(48)53-37-40(46)38-54-56(51,52)55-39-41(44(49)50)45-42(47)35-33-31-29-27-25-14-12-10-8-6-4-2/h11,13,16-17,40-41,46H,3-10,12,14-15,18-39H2,1-2H3,(H,45,47)(H,49,50)(H,51,52)/b13-11-,17-16-. The summed E-state index contributed by atoms with van der Waals surface area (Å²) < 4.78 is 26.8. The number of phosphoric acid groups is 1. The zero-order chi connectivity index (χ0) is 41.4. The predicted octanol–water partition coefficient (Wildman–Crippen LogP) is 11.4. The average Bonchev–Trinajstić information content (AvgIpc) is 3.17. The number of nitrogens with one attached hydrogen (secondary N) is 1. The number of carboxylic acid groups (broad SMARTS) is 1. The zero-order valence-corrected chi connectivity index (χ0v) is 36.3. The first kappa shape index (κ1) is 54.0. The Morgan fingerprint density at radius 2 is 0.982 bits per heavy atom. The van der Waals surface area contributed by atoms with Crippen molar-refractivity contribution in [3.05, 3.63) is 24.3 Å². The fourth-order valence-corrected chi connectivity index (χ4v) is 7.00. The van der Waals surface area contributed by atoms with Crippen molar-refractivity contribution < 1.29 is 47.8 Å². The van der Waals surface area contributed by atoms with Crippen LogP contribution in [0.1, 0.15) is 206 Å². The molecule has 0 rings (SSSR count). The van der Waals surface area contributed by atoms with E-state index in [2.05, 4.69) is 43.5 Å². The van der Waals surface area contributed by atoms with Crippen molar-refractivity contribution in [3.8, 4) is 0 Å². The molecule has 3 unspecified atom stereocenters. The third-order valence-electron chi connectivity index (χ3n) is 9.74. The average molecular weight is 816 g/mol. The maximum atomic E-state index is 12.2. The Bertz CT molecular complexity index is 1050. The molecular formula is C44H82NO10P. The van der Waals surface area contributed by atoms with E-state index >= 15 is 0 Å². The van der Waals surface area contributed by atoms with Gasteiger partial charge in [-0.1, -0.05) is 173 Å². The predicted molar refractivity (Wildman–Crippen MR) is 226 cm³/mol. The van der Waals surface area contributed by atoms with Crippen LogP contribution in [0.15, 0.2) is 24.3 Å². The Morgan fingerprint density at radius 1 is 0.571 bits per heavy atom. The van der Waals surface area contributed by atoms with Crippen molar-refractivity contribution in [3.63, 3.8) is 0 Å². The SMILES string of the molecule is CCCCC/C=C\C/C=C\CCCCCCCCCCCCCC(=O)OCC(O)COP(=O)(O)OCC(NC(=O)CCCCCCCCCCCCC)C(=O)O. The second-order valence-corrected chi connectivity index (χ2v) is 16.7. The first-order valence-corrected chi connectivity index (χ1v) is 23.9. The highest BCUT2D eigenvalue weighted by Crippen LogP contribution is 2.43. The van der Waals surface area contributed by atoms with Gasteiger partial charge in [0.2, 0.25) is 5.91 Å². The molecule has 11 nitrogen and oxygen atoms in total. The van der Waals surface area contributed by atoms with Gasteiger partial charge < -0.3 is 25.2 Å². The molecule has 0 aliphatic heterocycles. The molecule has 4 N–H and O–H groups in total. The fourth-order valence-electron chi connectivity index (χ4n) is 6.23. The molecule has 0 aliphatic rings. The lowest BCUT2D eigenvalue weighted by atomic mass is 10.0. The summed E-state index contributed by atoms with van der Waals surface area (Å²) in [5, 5.41) is 21.8. The van der Waals surface area contributed by atoms with E-state index in [1.165, 1.54) is 122 Å². The van der Waals surface area contributed by atoms with Gasteiger partial charge in [0.15, 0.2) is 6.04 Å². The molecule has 0 aromatic heterocycles. The molecule has 0 aromatic carbocycles. The van der Waals surface area contributed by atoms with Crippen molar-refractivity contribution in [1.29, 1.82) is 0 Å². The Kier molecular flexibility index (Phi) is 38.3. The number of esters is 1. The Balaban J connectivity index is 3.83. The fraction of sp³-hybridized carbons (Fsp3) is 0.841. The van der Waals surface area contributed by atoms with Crippen LogP contribution in [0.25, 0.3) is 0 Å². The molecule has 0 radical (unpaired) electrons. The van der Waals surface area contributed by atoms with Crippen molar-refractivity contribution in [2.45, 2.75) is 219 Å². The summed E-state index contributed by atoms with van der Waals surface area (Å²) in [4.78, 5) is 45.8. The molecule has 56 heavy (non-hydrogen) atoms. The second kappa shape index (κ2) is 39.8. The van der Waals surface area contributed by atoms with Gasteiger partial charge in [-0.2, -0.15) is 0 Å². The van der Waals surface area contributed by atoms with Crippen LogP contribution in [-0.2, 0) is 32.7 Å². The van der Waals surface area contributed by atoms with E-state index in [9.17, 15) is 34.1 Å². The van der Waals surface area contributed by atoms with Crippen LogP contribution in [0.5, 0.6) is 0 Å². The van der Waals surface area contributed by atoms with E-state index in [0.29, 0.717) is 12.8 Å². The highest BCUT2D eigenvalue weighted by Gasteiger charge is 2.28. The van der Waals surface area contributed by atoms with E-state index in [1.54, 1.807) is 0 Å². The Morgan fingerprint density at radius 3 is 1.48 bits per heavy atom. The van der Waals surface area contributed by atoms with Crippen LogP contribution in [0, 0.1) is 0 Å². The molecule has 12 heteroatoms. The van der Waals surface area contributed by atoms with Gasteiger partial charge in [0, 0.05) is 12.8 Å². The van der Waals surface area contributed by atoms with Crippen molar-refractivity contribution in [2.24, 2.45) is 0 Å². The maximum Gasteiger partial charge on any atom is 0.472 e. The number of aliphatic hydroxyl groups excluding tert-OH is 1. The van der Waals surface area contributed by atoms with Gasteiger partial charge in [-0.25, -0.2) is 9.36 Å². The minimum Gasteiger partial charge on any atom is -0.480 e. The molecule has 0 spiro atoms. The number of hydrogen-bond acceptors (Lipinski definition) is 8. The lowest BCUT2D eigenvalue weighted by Crippen LogP contribution is -2.43. The number of ether oxygens (including phenoxy) is 1. The summed E-state index contributed by atoms with van der Waals surface area (Å²) >= 11 is 0. The number of aliphatic carboxylic acids is 1. The summed E-state index contributed by atoms with van der Waals surface area (Å²) in [6.07, 6.45) is 40.6. The van der Waals surface area contributed by atoms with Crippen LogP contribution >= 0.6 is 7.82 Å². The minimum absolute atomic E-state index is 0.149. The first-order valence-electron chi connectivity index (χ1n) is 22.4. The van der Waals surface area contributed by atoms with Crippen LogP contribution in [0.3, 0.4) is 0 Å². The minimum atomic E-state index is -4.75. The molecule has 0 saturated carbocycles. The van der Waals surface area contributed by atoms with E-state index in [-0.39, 0.29) is 12.8 Å². The molecule has 1 amide bonds. The lowest BCUT2D eigenvalue weighted by Gasteiger charge is -2.18. The third kappa shape index (κ3) is 38.8. The molecular weight excluding hydrogens is 733 g/mol. The van der Waals surface area contributed by atoms with Gasteiger partial charge in [-0.3, -0.25) is 18.6 Å². The number of unbranched alkanes of at least 4 members (excludes halogenated alkanes) is 24. The molecule has 0 bridgehead atoms. The van der Waals surface area contributed by atoms with Gasteiger partial charge in [-0.05, 0) is 44.9 Å². The van der Waals surface area contributed by atoms with Gasteiger partial charge in [0.25, 0.3) is 0 Å². The number of allylic oxidation sites excluding steroid dienone is 4. The van der Waals surface area contributed by atoms with E-state index < -0.39 is 57.6 Å². The Hall–Kier alpha value is -2.04. The lowest BCUT2D eigenvalue weighted by molar-refractivity contribution is -0.147. The molecule has 0 saturated heterocycles. The largest absolute Gasteiger partial charge is 0.480 e. The van der Waals surface area contributed by atoms with Crippen molar-refractivity contribution in [1.82, 2.24) is 5.32 Å². The Labute approximate surface area is 340 Å². The third-order valence-corrected chi connectivity index (χ3v) is 10.7. The summed E-state index contributed by atoms with van der Waals surface area (Å²) in [5.74, 6) is -2.37. The van der Waals surface area contributed by atoms with Crippen LogP contribution in [0.4, 0.5) is 0 Å². The smallest absolute Gasteiger partial charge is 0.472 e. The molecule has 0 aliphatic carbocycles. The molecule has 0 fully saturated rings. The number of amides is 1. The number of hydrogen-bond donors (Lipinski definition) is 4. The monoisotopic (exact) mass is 816 g/mol. The molecule has 328 valence electrons. The van der Waals surface area contributed by atoms with Gasteiger partial charge in [0.05, 0.1) is 13.2 Å². The number of phosphoric ester groups is 1. The van der Waals surface area contributed by atoms with Crippen molar-refractivity contribution in [2.75, 3.05) is 19.8 Å². The topological polar surface area (TPSA) is 169 Å². The van der Waals surface area contributed by atoms with E-state index in [4.69, 9.17) is 13.8 Å². The summed E-state index contributed by atoms with van der Waals surface area (Å²) in [6, 6.07) is -1.54. The highest BCUT2D eigenvalue weighted by molar-refractivity contribution is 7.47. The summed E-state index contributed by atoms with van der Waals surface area (Å²) in [6.45, 7) is 2.56. The molecule has 3 atom stereocenters. The maximum absolute atomic E-state index is 12.2. The van der Waals surface area contributed by atoms with Crippen LogP contribution in [0.2, 0.25) is 0 Å². The number of carbonyl (C=O) groups is 3. The number of rotatable bonds is 42. The van der Waals surface area contributed by atoms with Gasteiger partial charge in [0.1, 0.15) is 12.7 Å². The van der Waals surface area contributed by atoms with Crippen LogP contribution in [-0.4, -0.2) is 64.9 Å². The highest BCUT2D eigenvalue weighted by atomic mass is 31.2. The zero-order valence-electron chi connectivity index (χ0n) is 35.4. The number of carboxylic acids is 1. The van der Waals surface area contributed by atoms with Crippen LogP contribution < -0.4 is 5.32 Å². The number of aliphatic hydroxyl groups is 1. The van der Waals surface area contributed by atoms with E-state index in [1.807, 2.05) is 0 Å². The number of carbonyl (C=O) groups excluding carboxylic acids is 2. The molecule has 0 aromatic rings. The normalized spacial score (nSPS) is 13.9. The molecule has 0 heterocycles.